The Balaban J connectivity index is 1.91. The van der Waals surface area contributed by atoms with E-state index in [-0.39, 0.29) is 25.6 Å². The third-order valence-corrected chi connectivity index (χ3v) is 3.92. The van der Waals surface area contributed by atoms with Crippen LogP contribution in [0.25, 0.3) is 0 Å². The minimum Gasteiger partial charge on any atom is -0.465 e. The van der Waals surface area contributed by atoms with Crippen molar-refractivity contribution in [1.82, 2.24) is 9.80 Å². The van der Waals surface area contributed by atoms with E-state index in [0.717, 1.165) is 12.1 Å². The monoisotopic (exact) mass is 356 g/mol. The van der Waals surface area contributed by atoms with Crippen LogP contribution in [-0.4, -0.2) is 68.1 Å². The molecule has 1 aliphatic rings. The fraction of sp³-hybridized carbons (Fsp3) is 0.529. The van der Waals surface area contributed by atoms with Gasteiger partial charge in [-0.15, -0.1) is 0 Å². The number of carbonyl (C=O) groups excluding carboxylic acids is 2. The maximum absolute atomic E-state index is 13.4. The first-order valence-corrected chi connectivity index (χ1v) is 8.09. The standard InChI is InChI=1S/C17H22F2N2O4/c1-3-24-17(23)11-20(2)16(22)10-21-6-7-25-15(9-21)12-4-5-13(18)14(19)8-12/h4-5,8,15H,3,6-7,9-11H2,1-2H3. The van der Waals surface area contributed by atoms with Crippen molar-refractivity contribution in [3.05, 3.63) is 35.4 Å². The summed E-state index contributed by atoms with van der Waals surface area (Å²) in [6.07, 6.45) is -0.438. The summed E-state index contributed by atoms with van der Waals surface area (Å²) in [6, 6.07) is 3.64. The van der Waals surface area contributed by atoms with Gasteiger partial charge in [0.05, 0.1) is 25.9 Å². The molecule has 25 heavy (non-hydrogen) atoms. The molecule has 1 aliphatic heterocycles. The number of ether oxygens (including phenoxy) is 2. The van der Waals surface area contributed by atoms with Crippen LogP contribution < -0.4 is 0 Å². The first kappa shape index (κ1) is 19.3. The highest BCUT2D eigenvalue weighted by Gasteiger charge is 2.25. The Morgan fingerprint density at radius 2 is 2.12 bits per heavy atom. The molecule has 0 spiro atoms. The number of morpholine rings is 1. The first-order chi connectivity index (χ1) is 11.9. The first-order valence-electron chi connectivity index (χ1n) is 8.09. The molecule has 0 aromatic heterocycles. The van der Waals surface area contributed by atoms with Crippen LogP contribution in [0.1, 0.15) is 18.6 Å². The van der Waals surface area contributed by atoms with Crippen molar-refractivity contribution in [2.24, 2.45) is 0 Å². The number of esters is 1. The topological polar surface area (TPSA) is 59.1 Å². The number of rotatable bonds is 6. The summed E-state index contributed by atoms with van der Waals surface area (Å²) in [7, 11) is 1.53. The molecule has 0 radical (unpaired) electrons. The van der Waals surface area contributed by atoms with E-state index in [9.17, 15) is 18.4 Å². The number of likely N-dealkylation sites (N-methyl/N-ethyl adjacent to an activating group) is 1. The van der Waals surface area contributed by atoms with Crippen molar-refractivity contribution in [1.29, 1.82) is 0 Å². The Morgan fingerprint density at radius 1 is 1.36 bits per heavy atom. The van der Waals surface area contributed by atoms with E-state index >= 15 is 0 Å². The Morgan fingerprint density at radius 3 is 2.80 bits per heavy atom. The predicted molar refractivity (Wildman–Crippen MR) is 85.8 cm³/mol. The zero-order chi connectivity index (χ0) is 18.4. The molecule has 0 aliphatic carbocycles. The van der Waals surface area contributed by atoms with Crippen LogP contribution in [0.3, 0.4) is 0 Å². The summed E-state index contributed by atoms with van der Waals surface area (Å²) < 4.78 is 36.8. The van der Waals surface area contributed by atoms with Crippen molar-refractivity contribution in [2.75, 3.05) is 46.4 Å². The molecule has 1 fully saturated rings. The lowest BCUT2D eigenvalue weighted by Gasteiger charge is -2.33. The van der Waals surface area contributed by atoms with Crippen LogP contribution >= 0.6 is 0 Å². The summed E-state index contributed by atoms with van der Waals surface area (Å²) in [4.78, 5) is 26.8. The molecule has 1 heterocycles. The van der Waals surface area contributed by atoms with Crippen LogP contribution in [0.15, 0.2) is 18.2 Å². The Kier molecular flexibility index (Phi) is 6.83. The number of nitrogens with zero attached hydrogens (tertiary/aromatic N) is 2. The van der Waals surface area contributed by atoms with E-state index < -0.39 is 23.7 Å². The number of hydrogen-bond acceptors (Lipinski definition) is 5. The predicted octanol–water partition coefficient (Wildman–Crippen LogP) is 1.36. The Bertz CT molecular complexity index is 627. The van der Waals surface area contributed by atoms with Crippen molar-refractivity contribution in [3.8, 4) is 0 Å². The zero-order valence-corrected chi connectivity index (χ0v) is 14.3. The summed E-state index contributed by atoms with van der Waals surface area (Å²) in [5.41, 5.74) is 0.524. The normalized spacial score (nSPS) is 18.0. The SMILES string of the molecule is CCOC(=O)CN(C)C(=O)CN1CCOC(c2ccc(F)c(F)c2)C1. The number of amides is 1. The number of benzene rings is 1. The molecule has 1 saturated heterocycles. The largest absolute Gasteiger partial charge is 0.465 e. The van der Waals surface area contributed by atoms with E-state index in [4.69, 9.17) is 9.47 Å². The molecule has 138 valence electrons. The average Bonchev–Trinajstić information content (AvgIpc) is 2.57. The second-order valence-electron chi connectivity index (χ2n) is 5.82. The van der Waals surface area contributed by atoms with Gasteiger partial charge >= 0.3 is 5.97 Å². The third kappa shape index (κ3) is 5.47. The highest BCUT2D eigenvalue weighted by atomic mass is 19.2. The summed E-state index contributed by atoms with van der Waals surface area (Å²) in [6.45, 7) is 3.26. The lowest BCUT2D eigenvalue weighted by Crippen LogP contribution is -2.45. The van der Waals surface area contributed by atoms with Gasteiger partial charge in [-0.3, -0.25) is 14.5 Å². The van der Waals surface area contributed by atoms with Gasteiger partial charge in [-0.25, -0.2) is 8.78 Å². The molecule has 1 aromatic rings. The van der Waals surface area contributed by atoms with Crippen LogP contribution in [0.4, 0.5) is 8.78 Å². The zero-order valence-electron chi connectivity index (χ0n) is 14.3. The molecular weight excluding hydrogens is 334 g/mol. The van der Waals surface area contributed by atoms with Crippen LogP contribution in [0, 0.1) is 11.6 Å². The van der Waals surface area contributed by atoms with Gasteiger partial charge in [-0.2, -0.15) is 0 Å². The van der Waals surface area contributed by atoms with Gasteiger partial charge in [-0.1, -0.05) is 6.07 Å². The molecule has 0 N–H and O–H groups in total. The number of carbonyl (C=O) groups is 2. The van der Waals surface area contributed by atoms with Crippen LogP contribution in [-0.2, 0) is 19.1 Å². The van der Waals surface area contributed by atoms with E-state index in [1.54, 1.807) is 6.92 Å². The fourth-order valence-corrected chi connectivity index (χ4v) is 2.56. The smallest absolute Gasteiger partial charge is 0.325 e. The number of halogens is 2. The van der Waals surface area contributed by atoms with E-state index in [0.29, 0.717) is 25.3 Å². The Hall–Kier alpha value is -2.06. The third-order valence-electron chi connectivity index (χ3n) is 3.92. The average molecular weight is 356 g/mol. The second kappa shape index (κ2) is 8.87. The van der Waals surface area contributed by atoms with E-state index in [1.807, 2.05) is 4.90 Å². The molecule has 2 rings (SSSR count). The molecule has 6 nitrogen and oxygen atoms in total. The van der Waals surface area contributed by atoms with Gasteiger partial charge in [0.15, 0.2) is 11.6 Å². The second-order valence-corrected chi connectivity index (χ2v) is 5.82. The van der Waals surface area contributed by atoms with Gasteiger partial charge in [-0.05, 0) is 24.6 Å². The minimum atomic E-state index is -0.927. The maximum Gasteiger partial charge on any atom is 0.325 e. The van der Waals surface area contributed by atoms with E-state index in [1.165, 1.54) is 18.0 Å². The van der Waals surface area contributed by atoms with Crippen LogP contribution in [0.2, 0.25) is 0 Å². The van der Waals surface area contributed by atoms with Gasteiger partial charge in [0.25, 0.3) is 0 Å². The van der Waals surface area contributed by atoms with Crippen LogP contribution in [0.5, 0.6) is 0 Å². The van der Waals surface area contributed by atoms with Crippen molar-refractivity contribution < 1.29 is 27.8 Å². The summed E-state index contributed by atoms with van der Waals surface area (Å²) in [5, 5.41) is 0. The summed E-state index contributed by atoms with van der Waals surface area (Å²) >= 11 is 0. The van der Waals surface area contributed by atoms with Gasteiger partial charge in [0, 0.05) is 20.1 Å². The Labute approximate surface area is 145 Å². The van der Waals surface area contributed by atoms with Crippen molar-refractivity contribution >= 4 is 11.9 Å². The molecular formula is C17H22F2N2O4. The molecule has 1 unspecified atom stereocenters. The molecule has 8 heteroatoms. The van der Waals surface area contributed by atoms with E-state index in [2.05, 4.69) is 0 Å². The minimum absolute atomic E-state index is 0.108. The van der Waals surface area contributed by atoms with Crippen molar-refractivity contribution in [2.45, 2.75) is 13.0 Å². The number of hydrogen-bond donors (Lipinski definition) is 0. The molecule has 0 saturated carbocycles. The van der Waals surface area contributed by atoms with Gasteiger partial charge in [0.1, 0.15) is 6.54 Å². The van der Waals surface area contributed by atoms with Gasteiger partial charge < -0.3 is 14.4 Å². The molecule has 1 atom stereocenters. The maximum atomic E-state index is 13.4. The van der Waals surface area contributed by atoms with Crippen molar-refractivity contribution in [3.63, 3.8) is 0 Å². The fourth-order valence-electron chi connectivity index (χ4n) is 2.56. The quantitative estimate of drug-likeness (QED) is 0.721. The lowest BCUT2D eigenvalue weighted by atomic mass is 10.1. The highest BCUT2D eigenvalue weighted by Crippen LogP contribution is 2.23. The molecule has 0 bridgehead atoms. The molecule has 1 aromatic carbocycles. The molecule has 1 amide bonds. The highest BCUT2D eigenvalue weighted by molar-refractivity contribution is 5.83. The summed E-state index contributed by atoms with van der Waals surface area (Å²) in [5.74, 6) is -2.52. The van der Waals surface area contributed by atoms with Gasteiger partial charge in [0.2, 0.25) is 5.91 Å². The lowest BCUT2D eigenvalue weighted by molar-refractivity contribution is -0.148.